The average Bonchev–Trinajstić information content (AvgIpc) is 2.65. The molecule has 1 amide bonds. The molecule has 1 aliphatic rings. The van der Waals surface area contributed by atoms with Gasteiger partial charge in [-0.15, -0.1) is 0 Å². The maximum absolute atomic E-state index is 11.8. The van der Waals surface area contributed by atoms with Crippen LogP contribution in [0.25, 0.3) is 0 Å². The predicted octanol–water partition coefficient (Wildman–Crippen LogP) is 1.62. The molecule has 0 aliphatic carbocycles. The normalized spacial score (nSPS) is 22.0. The third kappa shape index (κ3) is 3.04. The summed E-state index contributed by atoms with van der Waals surface area (Å²) in [6.07, 6.45) is 3.27. The molecule has 2 heterocycles. The Morgan fingerprint density at radius 1 is 1.47 bits per heavy atom. The van der Waals surface area contributed by atoms with Crippen molar-refractivity contribution in [3.63, 3.8) is 0 Å². The Morgan fingerprint density at radius 2 is 2.40 bits per heavy atom. The van der Waals surface area contributed by atoms with E-state index in [2.05, 4.69) is 10.6 Å². The zero-order valence-corrected chi connectivity index (χ0v) is 9.48. The minimum absolute atomic E-state index is 0.0724. The fourth-order valence-corrected chi connectivity index (χ4v) is 2.46. The van der Waals surface area contributed by atoms with Gasteiger partial charge >= 0.3 is 0 Å². The monoisotopic (exact) mass is 224 g/mol. The molecule has 1 unspecified atom stereocenters. The zero-order valence-electron chi connectivity index (χ0n) is 8.66. The molecule has 0 aromatic carbocycles. The fraction of sp³-hybridized carbons (Fsp3) is 0.545. The van der Waals surface area contributed by atoms with Crippen LogP contribution in [-0.2, 0) is 0 Å². The second-order valence-electron chi connectivity index (χ2n) is 3.86. The number of rotatable bonds is 2. The second kappa shape index (κ2) is 5.28. The van der Waals surface area contributed by atoms with E-state index in [1.807, 2.05) is 16.8 Å². The molecule has 1 aromatic rings. The summed E-state index contributed by atoms with van der Waals surface area (Å²) in [5.74, 6) is 0.0724. The number of thiophene rings is 1. The van der Waals surface area contributed by atoms with Gasteiger partial charge in [-0.3, -0.25) is 4.79 Å². The first kappa shape index (κ1) is 10.6. The molecule has 0 bridgehead atoms. The van der Waals surface area contributed by atoms with Gasteiger partial charge in [-0.1, -0.05) is 0 Å². The molecule has 1 atom stereocenters. The van der Waals surface area contributed by atoms with Crippen LogP contribution in [0.1, 0.15) is 29.6 Å². The van der Waals surface area contributed by atoms with Crippen molar-refractivity contribution in [1.82, 2.24) is 10.6 Å². The van der Waals surface area contributed by atoms with Gasteiger partial charge in [0.15, 0.2) is 0 Å². The molecule has 4 heteroatoms. The van der Waals surface area contributed by atoms with E-state index in [9.17, 15) is 4.79 Å². The van der Waals surface area contributed by atoms with Gasteiger partial charge < -0.3 is 10.6 Å². The van der Waals surface area contributed by atoms with E-state index in [0.717, 1.165) is 37.9 Å². The van der Waals surface area contributed by atoms with Crippen molar-refractivity contribution in [1.29, 1.82) is 0 Å². The maximum atomic E-state index is 11.8. The van der Waals surface area contributed by atoms with Crippen LogP contribution in [-0.4, -0.2) is 25.0 Å². The molecular weight excluding hydrogens is 208 g/mol. The van der Waals surface area contributed by atoms with Crippen molar-refractivity contribution in [2.24, 2.45) is 0 Å². The highest BCUT2D eigenvalue weighted by Crippen LogP contribution is 2.09. The second-order valence-corrected chi connectivity index (χ2v) is 4.64. The number of hydrogen-bond acceptors (Lipinski definition) is 3. The van der Waals surface area contributed by atoms with E-state index in [1.165, 1.54) is 0 Å². The predicted molar refractivity (Wildman–Crippen MR) is 62.3 cm³/mol. The third-order valence-electron chi connectivity index (χ3n) is 2.69. The summed E-state index contributed by atoms with van der Waals surface area (Å²) in [6.45, 7) is 2.08. The first-order valence-corrected chi connectivity index (χ1v) is 6.34. The van der Waals surface area contributed by atoms with Crippen LogP contribution < -0.4 is 10.6 Å². The molecule has 2 N–H and O–H groups in total. The van der Waals surface area contributed by atoms with Crippen molar-refractivity contribution in [3.8, 4) is 0 Å². The van der Waals surface area contributed by atoms with Crippen LogP contribution in [0.3, 0.4) is 0 Å². The Balaban J connectivity index is 1.87. The zero-order chi connectivity index (χ0) is 10.5. The average molecular weight is 224 g/mol. The van der Waals surface area contributed by atoms with Crippen molar-refractivity contribution in [3.05, 3.63) is 22.4 Å². The Morgan fingerprint density at radius 3 is 3.20 bits per heavy atom. The lowest BCUT2D eigenvalue weighted by atomic mass is 10.1. The van der Waals surface area contributed by atoms with Crippen molar-refractivity contribution in [2.75, 3.05) is 13.1 Å². The lowest BCUT2D eigenvalue weighted by molar-refractivity contribution is 0.0934. The molecular formula is C11H16N2OS. The number of hydrogen-bond donors (Lipinski definition) is 2. The van der Waals surface area contributed by atoms with Gasteiger partial charge in [-0.2, -0.15) is 11.3 Å². The molecule has 0 radical (unpaired) electrons. The number of nitrogens with one attached hydrogen (secondary N) is 2. The van der Waals surface area contributed by atoms with Gasteiger partial charge in [0.2, 0.25) is 0 Å². The van der Waals surface area contributed by atoms with E-state index >= 15 is 0 Å². The third-order valence-corrected chi connectivity index (χ3v) is 3.38. The summed E-state index contributed by atoms with van der Waals surface area (Å²) in [5, 5.41) is 10.3. The number of carbonyl (C=O) groups excluding carboxylic acids is 1. The van der Waals surface area contributed by atoms with Crippen LogP contribution >= 0.6 is 11.3 Å². The Labute approximate surface area is 93.9 Å². The highest BCUT2D eigenvalue weighted by molar-refractivity contribution is 7.08. The van der Waals surface area contributed by atoms with Crippen molar-refractivity contribution < 1.29 is 4.79 Å². The van der Waals surface area contributed by atoms with Gasteiger partial charge in [0.05, 0.1) is 0 Å². The molecule has 2 rings (SSSR count). The Kier molecular flexibility index (Phi) is 3.75. The van der Waals surface area contributed by atoms with Gasteiger partial charge in [-0.25, -0.2) is 0 Å². The SMILES string of the molecule is O=C(NC1CCCNCC1)c1ccsc1. The minimum atomic E-state index is 0.0724. The van der Waals surface area contributed by atoms with Crippen LogP contribution in [0.5, 0.6) is 0 Å². The smallest absolute Gasteiger partial charge is 0.252 e. The molecule has 1 fully saturated rings. The minimum Gasteiger partial charge on any atom is -0.349 e. The summed E-state index contributed by atoms with van der Waals surface area (Å²) >= 11 is 1.56. The molecule has 3 nitrogen and oxygen atoms in total. The van der Waals surface area contributed by atoms with E-state index in [-0.39, 0.29) is 5.91 Å². The van der Waals surface area contributed by atoms with Gasteiger partial charge in [0.1, 0.15) is 0 Å². The summed E-state index contributed by atoms with van der Waals surface area (Å²) in [7, 11) is 0. The lowest BCUT2D eigenvalue weighted by Crippen LogP contribution is -2.35. The molecule has 0 saturated carbocycles. The standard InChI is InChI=1S/C11H16N2OS/c14-11(9-4-7-15-8-9)13-10-2-1-5-12-6-3-10/h4,7-8,10,12H,1-3,5-6H2,(H,13,14). The van der Waals surface area contributed by atoms with E-state index < -0.39 is 0 Å². The topological polar surface area (TPSA) is 41.1 Å². The van der Waals surface area contributed by atoms with Crippen LogP contribution in [0.4, 0.5) is 0 Å². The summed E-state index contributed by atoms with van der Waals surface area (Å²) < 4.78 is 0. The molecule has 0 spiro atoms. The van der Waals surface area contributed by atoms with E-state index in [4.69, 9.17) is 0 Å². The van der Waals surface area contributed by atoms with Gasteiger partial charge in [0, 0.05) is 17.0 Å². The highest BCUT2D eigenvalue weighted by atomic mass is 32.1. The fourth-order valence-electron chi connectivity index (χ4n) is 1.83. The van der Waals surface area contributed by atoms with Crippen molar-refractivity contribution in [2.45, 2.75) is 25.3 Å². The Hall–Kier alpha value is -0.870. The quantitative estimate of drug-likeness (QED) is 0.801. The molecule has 1 aliphatic heterocycles. The first-order chi connectivity index (χ1) is 7.36. The number of amides is 1. The first-order valence-electron chi connectivity index (χ1n) is 5.40. The maximum Gasteiger partial charge on any atom is 0.252 e. The van der Waals surface area contributed by atoms with Gasteiger partial charge in [-0.05, 0) is 43.8 Å². The molecule has 15 heavy (non-hydrogen) atoms. The van der Waals surface area contributed by atoms with E-state index in [0.29, 0.717) is 6.04 Å². The number of carbonyl (C=O) groups is 1. The summed E-state index contributed by atoms with van der Waals surface area (Å²) in [6, 6.07) is 2.21. The lowest BCUT2D eigenvalue weighted by Gasteiger charge is -2.15. The molecule has 82 valence electrons. The van der Waals surface area contributed by atoms with Crippen LogP contribution in [0.15, 0.2) is 16.8 Å². The molecule has 1 aromatic heterocycles. The van der Waals surface area contributed by atoms with Crippen LogP contribution in [0.2, 0.25) is 0 Å². The van der Waals surface area contributed by atoms with Crippen LogP contribution in [0, 0.1) is 0 Å². The van der Waals surface area contributed by atoms with Gasteiger partial charge in [0.25, 0.3) is 5.91 Å². The molecule has 1 saturated heterocycles. The van der Waals surface area contributed by atoms with Crippen molar-refractivity contribution >= 4 is 17.2 Å². The Bertz CT molecular complexity index is 302. The highest BCUT2D eigenvalue weighted by Gasteiger charge is 2.15. The summed E-state index contributed by atoms with van der Waals surface area (Å²) in [4.78, 5) is 11.8. The summed E-state index contributed by atoms with van der Waals surface area (Å²) in [5.41, 5.74) is 0.789. The van der Waals surface area contributed by atoms with E-state index in [1.54, 1.807) is 11.3 Å². The largest absolute Gasteiger partial charge is 0.349 e.